The second kappa shape index (κ2) is 9.01. The van der Waals surface area contributed by atoms with E-state index in [0.29, 0.717) is 0 Å². The Balaban J connectivity index is 2.35. The van der Waals surface area contributed by atoms with Crippen molar-refractivity contribution < 1.29 is 33.1 Å². The van der Waals surface area contributed by atoms with Gasteiger partial charge in [-0.05, 0) is 38.9 Å². The van der Waals surface area contributed by atoms with Crippen LogP contribution in [0.1, 0.15) is 41.5 Å². The van der Waals surface area contributed by atoms with Crippen molar-refractivity contribution >= 4 is 31.7 Å². The number of Topliss-reactive ketones (excluding diaryl/α,β-unsaturated/α-hetero) is 1. The molecule has 10 heteroatoms. The number of nitrogens with zero attached hydrogens (tertiary/aromatic N) is 3. The molecule has 0 aromatic rings. The number of carbonyl (C=O) groups excluding carboxylic acids is 3. The van der Waals surface area contributed by atoms with E-state index < -0.39 is 55.5 Å². The summed E-state index contributed by atoms with van der Waals surface area (Å²) in [6, 6.07) is -0.553. The van der Waals surface area contributed by atoms with Crippen LogP contribution in [0.15, 0.2) is 12.7 Å². The lowest BCUT2D eigenvalue weighted by atomic mass is 9.71. The van der Waals surface area contributed by atoms with E-state index in [1.807, 2.05) is 6.92 Å². The van der Waals surface area contributed by atoms with Gasteiger partial charge >= 0.3 is 11.7 Å². The summed E-state index contributed by atoms with van der Waals surface area (Å²) in [4.78, 5) is 43.0. The zero-order chi connectivity index (χ0) is 24.6. The average molecular weight is 466 g/mol. The summed E-state index contributed by atoms with van der Waals surface area (Å²) in [6.07, 6.45) is 0.905. The first-order valence-corrected chi connectivity index (χ1v) is 13.7. The number of esters is 1. The molecule has 0 aliphatic carbocycles. The average Bonchev–Trinajstić information content (AvgIpc) is 2.64. The normalized spacial score (nSPS) is 25.7. The van der Waals surface area contributed by atoms with Gasteiger partial charge in [-0.3, -0.25) is 9.59 Å². The van der Waals surface area contributed by atoms with E-state index in [1.165, 1.54) is 11.0 Å². The number of amides is 1. The van der Waals surface area contributed by atoms with Gasteiger partial charge in [0.25, 0.3) is 5.78 Å². The molecule has 0 bridgehead atoms. The van der Waals surface area contributed by atoms with Crippen LogP contribution in [0.4, 0.5) is 0 Å². The van der Waals surface area contributed by atoms with Crippen LogP contribution in [0.5, 0.6) is 0 Å². The van der Waals surface area contributed by atoms with Crippen LogP contribution in [-0.4, -0.2) is 72.5 Å². The highest BCUT2D eigenvalue weighted by atomic mass is 28.4. The van der Waals surface area contributed by atoms with E-state index in [2.05, 4.69) is 45.2 Å². The first-order valence-electron chi connectivity index (χ1n) is 10.8. The Morgan fingerprint density at radius 2 is 2.00 bits per heavy atom. The molecular weight excluding hydrogens is 430 g/mol. The van der Waals surface area contributed by atoms with Gasteiger partial charge in [0, 0.05) is 0 Å². The molecule has 0 radical (unpaired) electrons. The summed E-state index contributed by atoms with van der Waals surface area (Å²) < 4.78 is 17.1. The summed E-state index contributed by atoms with van der Waals surface area (Å²) >= 11 is 0. The van der Waals surface area contributed by atoms with Gasteiger partial charge in [-0.1, -0.05) is 33.4 Å². The molecule has 2 heterocycles. The third-order valence-electron chi connectivity index (χ3n) is 6.79. The molecular formula is C22H35N3O6Si. The lowest BCUT2D eigenvalue weighted by Gasteiger charge is -2.61. The molecule has 2 aliphatic heterocycles. The largest absolute Gasteiger partial charge is 0.453 e. The van der Waals surface area contributed by atoms with Gasteiger partial charge in [0.1, 0.15) is 12.3 Å². The Hall–Kier alpha value is -2.13. The zero-order valence-electron chi connectivity index (χ0n) is 20.3. The summed E-state index contributed by atoms with van der Waals surface area (Å²) in [5.74, 6) is -3.42. The molecule has 2 saturated heterocycles. The van der Waals surface area contributed by atoms with E-state index in [-0.39, 0.29) is 24.2 Å². The number of β-lactam (4-membered cyclic amide) rings is 1. The highest BCUT2D eigenvalue weighted by Crippen LogP contribution is 2.47. The van der Waals surface area contributed by atoms with Crippen molar-refractivity contribution in [3.05, 3.63) is 18.2 Å². The number of rotatable bonds is 8. The highest BCUT2D eigenvalue weighted by molar-refractivity contribution is 6.74. The fourth-order valence-corrected chi connectivity index (χ4v) is 5.47. The lowest BCUT2D eigenvalue weighted by molar-refractivity contribution is -0.252. The van der Waals surface area contributed by atoms with Crippen molar-refractivity contribution in [2.45, 2.75) is 77.5 Å². The van der Waals surface area contributed by atoms with Gasteiger partial charge in [0.15, 0.2) is 8.32 Å². The maximum absolute atomic E-state index is 13.2. The van der Waals surface area contributed by atoms with E-state index >= 15 is 0 Å². The standard InChI is InChI=1S/C22H35N3O6Si/c1-10-11-29-20(28)16(24-23)18(26)14-12-30-22(6,7)25-17(14)15(19(25)27)13(2)31-32(8,9)21(3,4)5/h10,13-15,17H,1,11-12H2,2-9H3/t13-,14-,15-,17-/m1/s1. The van der Waals surface area contributed by atoms with Crippen LogP contribution in [0.2, 0.25) is 18.1 Å². The third kappa shape index (κ3) is 4.64. The predicted octanol–water partition coefficient (Wildman–Crippen LogP) is 2.58. The SMILES string of the molecule is C=CCOC(=O)C(=[N+]=[N-])C(=O)[C@@H]1COC(C)(C)N2C(=O)[C@H]([C@@H](C)O[Si](C)(C)C(C)(C)C)[C@@H]12. The van der Waals surface area contributed by atoms with Gasteiger partial charge in [-0.2, -0.15) is 4.79 Å². The fourth-order valence-electron chi connectivity index (χ4n) is 4.04. The maximum atomic E-state index is 13.2. The van der Waals surface area contributed by atoms with Crippen molar-refractivity contribution in [1.82, 2.24) is 4.90 Å². The van der Waals surface area contributed by atoms with E-state index in [4.69, 9.17) is 13.9 Å². The minimum Gasteiger partial charge on any atom is -0.453 e. The molecule has 0 aromatic heterocycles. The Labute approximate surface area is 190 Å². The van der Waals surface area contributed by atoms with Crippen LogP contribution < -0.4 is 0 Å². The summed E-state index contributed by atoms with van der Waals surface area (Å²) in [5.41, 5.74) is 7.70. The van der Waals surface area contributed by atoms with Gasteiger partial charge < -0.3 is 24.3 Å². The van der Waals surface area contributed by atoms with Crippen LogP contribution in [0.25, 0.3) is 5.53 Å². The van der Waals surface area contributed by atoms with Crippen molar-refractivity contribution in [2.75, 3.05) is 13.2 Å². The molecule has 178 valence electrons. The van der Waals surface area contributed by atoms with Gasteiger partial charge in [0.05, 0.1) is 30.6 Å². The second-order valence-electron chi connectivity index (χ2n) is 10.4. The Bertz CT molecular complexity index is 856. The van der Waals surface area contributed by atoms with Crippen molar-refractivity contribution in [2.24, 2.45) is 11.8 Å². The summed E-state index contributed by atoms with van der Waals surface area (Å²) in [6.45, 7) is 19.2. The third-order valence-corrected chi connectivity index (χ3v) is 11.4. The molecule has 4 atom stereocenters. The predicted molar refractivity (Wildman–Crippen MR) is 120 cm³/mol. The lowest BCUT2D eigenvalue weighted by Crippen LogP contribution is -2.77. The first-order chi connectivity index (χ1) is 14.6. The van der Waals surface area contributed by atoms with Crippen LogP contribution in [-0.2, 0) is 28.3 Å². The van der Waals surface area contributed by atoms with Gasteiger partial charge in [-0.15, -0.1) is 0 Å². The molecule has 32 heavy (non-hydrogen) atoms. The first kappa shape index (κ1) is 26.1. The molecule has 0 aromatic carbocycles. The van der Waals surface area contributed by atoms with Crippen molar-refractivity contribution in [3.8, 4) is 0 Å². The smallest absolute Gasteiger partial charge is 0.441 e. The quantitative estimate of drug-likeness (QED) is 0.0794. The number of hydrogen-bond donors (Lipinski definition) is 0. The van der Waals surface area contributed by atoms with E-state index in [0.717, 1.165) is 0 Å². The zero-order valence-corrected chi connectivity index (χ0v) is 21.3. The highest BCUT2D eigenvalue weighted by Gasteiger charge is 2.64. The second-order valence-corrected chi connectivity index (χ2v) is 15.1. The van der Waals surface area contributed by atoms with Crippen LogP contribution >= 0.6 is 0 Å². The number of hydrogen-bond acceptors (Lipinski definition) is 6. The van der Waals surface area contributed by atoms with Gasteiger partial charge in [0.2, 0.25) is 5.91 Å². The number of carbonyl (C=O) groups is 3. The number of ketones is 1. The van der Waals surface area contributed by atoms with Crippen molar-refractivity contribution in [3.63, 3.8) is 0 Å². The maximum Gasteiger partial charge on any atom is 0.441 e. The van der Waals surface area contributed by atoms with Crippen LogP contribution in [0, 0.1) is 11.8 Å². The fraction of sp³-hybridized carbons (Fsp3) is 0.727. The molecule has 2 rings (SSSR count). The molecule has 0 N–H and O–H groups in total. The van der Waals surface area contributed by atoms with Gasteiger partial charge in [-0.25, -0.2) is 4.79 Å². The molecule has 2 aliphatic rings. The Kier molecular flexibility index (Phi) is 7.36. The molecule has 0 spiro atoms. The number of fused-ring (bicyclic) bond motifs is 1. The molecule has 0 saturated carbocycles. The molecule has 9 nitrogen and oxygen atoms in total. The van der Waals surface area contributed by atoms with E-state index in [9.17, 15) is 19.9 Å². The minimum atomic E-state index is -2.18. The topological polar surface area (TPSA) is 119 Å². The molecule has 1 amide bonds. The van der Waals surface area contributed by atoms with E-state index in [1.54, 1.807) is 13.8 Å². The molecule has 2 fully saturated rings. The van der Waals surface area contributed by atoms with Crippen molar-refractivity contribution in [1.29, 1.82) is 0 Å². The summed E-state index contributed by atoms with van der Waals surface area (Å²) in [5, 5.41) is -0.0520. The van der Waals surface area contributed by atoms with Crippen LogP contribution in [0.3, 0.4) is 0 Å². The number of ether oxygens (including phenoxy) is 2. The minimum absolute atomic E-state index is 0.0304. The monoisotopic (exact) mass is 465 g/mol. The Morgan fingerprint density at radius 1 is 1.41 bits per heavy atom. The Morgan fingerprint density at radius 3 is 2.50 bits per heavy atom. The summed E-state index contributed by atoms with van der Waals surface area (Å²) in [7, 11) is -2.18. The molecule has 0 unspecified atom stereocenters.